The molecule has 1 fully saturated rings. The third-order valence-electron chi connectivity index (χ3n) is 4.53. The van der Waals surface area contributed by atoms with Crippen LogP contribution in [0.1, 0.15) is 54.9 Å². The predicted molar refractivity (Wildman–Crippen MR) is 88.3 cm³/mol. The monoisotopic (exact) mass is 333 g/mol. The van der Waals surface area contributed by atoms with Gasteiger partial charge in [0.2, 0.25) is 5.91 Å². The minimum absolute atomic E-state index is 0.0284. The maximum absolute atomic E-state index is 12.4. The molecule has 0 heterocycles. The first-order valence-corrected chi connectivity index (χ1v) is 8.10. The van der Waals surface area contributed by atoms with Crippen molar-refractivity contribution < 1.29 is 24.2 Å². The molecule has 1 aliphatic rings. The third-order valence-corrected chi connectivity index (χ3v) is 4.53. The molecule has 0 spiro atoms. The van der Waals surface area contributed by atoms with Gasteiger partial charge >= 0.3 is 5.97 Å². The Kier molecular flexibility index (Phi) is 5.59. The standard InChI is InChI=1S/C18H23NO5/c1-12(20)13-6-7-15(24-2)14(10-13)11-16(21)19-18(17(22)23)8-4-3-5-9-18/h6-7,10H,3-5,8-9,11H2,1-2H3,(H,19,21)(H,22,23). The molecule has 1 aliphatic carbocycles. The molecule has 1 saturated carbocycles. The highest BCUT2D eigenvalue weighted by atomic mass is 16.5. The van der Waals surface area contributed by atoms with Crippen molar-refractivity contribution in [1.82, 2.24) is 5.32 Å². The zero-order valence-corrected chi connectivity index (χ0v) is 14.1. The Morgan fingerprint density at radius 3 is 2.42 bits per heavy atom. The van der Waals surface area contributed by atoms with Gasteiger partial charge in [0, 0.05) is 11.1 Å². The molecule has 0 bridgehead atoms. The van der Waals surface area contributed by atoms with Gasteiger partial charge in [0.1, 0.15) is 11.3 Å². The van der Waals surface area contributed by atoms with Crippen LogP contribution in [0.5, 0.6) is 5.75 Å². The van der Waals surface area contributed by atoms with Gasteiger partial charge in [-0.1, -0.05) is 19.3 Å². The normalized spacial score (nSPS) is 16.2. The summed E-state index contributed by atoms with van der Waals surface area (Å²) in [4.78, 5) is 35.6. The summed E-state index contributed by atoms with van der Waals surface area (Å²) in [6, 6.07) is 4.91. The zero-order valence-electron chi connectivity index (χ0n) is 14.1. The largest absolute Gasteiger partial charge is 0.496 e. The van der Waals surface area contributed by atoms with Gasteiger partial charge in [-0.3, -0.25) is 9.59 Å². The second kappa shape index (κ2) is 7.47. The second-order valence-corrected chi connectivity index (χ2v) is 6.26. The molecular formula is C18H23NO5. The molecule has 0 unspecified atom stereocenters. The minimum atomic E-state index is -1.18. The highest BCUT2D eigenvalue weighted by Crippen LogP contribution is 2.29. The Morgan fingerprint density at radius 1 is 1.21 bits per heavy atom. The summed E-state index contributed by atoms with van der Waals surface area (Å²) in [5, 5.41) is 12.2. The topological polar surface area (TPSA) is 92.7 Å². The van der Waals surface area contributed by atoms with Crippen molar-refractivity contribution in [3.63, 3.8) is 0 Å². The molecule has 130 valence electrons. The molecule has 0 atom stereocenters. The van der Waals surface area contributed by atoms with E-state index in [1.807, 2.05) is 0 Å². The molecule has 6 heteroatoms. The van der Waals surface area contributed by atoms with E-state index in [0.29, 0.717) is 29.7 Å². The minimum Gasteiger partial charge on any atom is -0.496 e. The molecule has 2 N–H and O–H groups in total. The summed E-state index contributed by atoms with van der Waals surface area (Å²) < 4.78 is 5.24. The number of hydrogen-bond donors (Lipinski definition) is 2. The van der Waals surface area contributed by atoms with E-state index in [0.717, 1.165) is 19.3 Å². The van der Waals surface area contributed by atoms with Crippen LogP contribution in [0, 0.1) is 0 Å². The molecule has 0 aromatic heterocycles. The molecule has 2 rings (SSSR count). The maximum Gasteiger partial charge on any atom is 0.329 e. The van der Waals surface area contributed by atoms with Crippen molar-refractivity contribution in [1.29, 1.82) is 0 Å². The molecule has 0 saturated heterocycles. The number of ether oxygens (including phenoxy) is 1. The van der Waals surface area contributed by atoms with Crippen molar-refractivity contribution in [3.05, 3.63) is 29.3 Å². The number of methoxy groups -OCH3 is 1. The Morgan fingerprint density at radius 2 is 1.88 bits per heavy atom. The Bertz CT molecular complexity index is 647. The first kappa shape index (κ1) is 18.0. The van der Waals surface area contributed by atoms with Crippen molar-refractivity contribution in [3.8, 4) is 5.75 Å². The van der Waals surface area contributed by atoms with Gasteiger partial charge in [-0.25, -0.2) is 4.79 Å². The predicted octanol–water partition coefficient (Wildman–Crippen LogP) is 2.34. The number of nitrogens with one attached hydrogen (secondary N) is 1. The van der Waals surface area contributed by atoms with Gasteiger partial charge in [-0.05, 0) is 38.0 Å². The number of carbonyl (C=O) groups is 3. The number of amides is 1. The van der Waals surface area contributed by atoms with Crippen LogP contribution in [0.25, 0.3) is 0 Å². The van der Waals surface area contributed by atoms with E-state index in [-0.39, 0.29) is 18.1 Å². The van der Waals surface area contributed by atoms with Crippen LogP contribution in [0.3, 0.4) is 0 Å². The Hall–Kier alpha value is -2.37. The van der Waals surface area contributed by atoms with Gasteiger partial charge in [0.15, 0.2) is 5.78 Å². The van der Waals surface area contributed by atoms with E-state index in [9.17, 15) is 19.5 Å². The summed E-state index contributed by atoms with van der Waals surface area (Å²) in [7, 11) is 1.49. The number of benzene rings is 1. The quantitative estimate of drug-likeness (QED) is 0.780. The van der Waals surface area contributed by atoms with Gasteiger partial charge in [0.25, 0.3) is 0 Å². The van der Waals surface area contributed by atoms with Crippen molar-refractivity contribution in [2.24, 2.45) is 0 Å². The second-order valence-electron chi connectivity index (χ2n) is 6.26. The van der Waals surface area contributed by atoms with E-state index in [2.05, 4.69) is 5.32 Å². The van der Waals surface area contributed by atoms with Gasteiger partial charge in [0.05, 0.1) is 13.5 Å². The first-order valence-electron chi connectivity index (χ1n) is 8.10. The third kappa shape index (κ3) is 3.93. The number of carbonyl (C=O) groups excluding carboxylic acids is 2. The van der Waals surface area contributed by atoms with Crippen LogP contribution >= 0.6 is 0 Å². The lowest BCUT2D eigenvalue weighted by Crippen LogP contribution is -2.56. The van der Waals surface area contributed by atoms with E-state index in [1.165, 1.54) is 14.0 Å². The Labute approximate surface area is 141 Å². The highest BCUT2D eigenvalue weighted by Gasteiger charge is 2.40. The van der Waals surface area contributed by atoms with Crippen LogP contribution < -0.4 is 10.1 Å². The lowest BCUT2D eigenvalue weighted by Gasteiger charge is -2.34. The molecule has 0 radical (unpaired) electrons. The van der Waals surface area contributed by atoms with E-state index in [1.54, 1.807) is 18.2 Å². The molecule has 0 aliphatic heterocycles. The van der Waals surface area contributed by atoms with Crippen molar-refractivity contribution in [2.75, 3.05) is 7.11 Å². The fraction of sp³-hybridized carbons (Fsp3) is 0.500. The summed E-state index contributed by atoms with van der Waals surface area (Å²) >= 11 is 0. The van der Waals surface area contributed by atoms with Crippen molar-refractivity contribution in [2.45, 2.75) is 51.0 Å². The molecule has 1 amide bonds. The highest BCUT2D eigenvalue weighted by molar-refractivity contribution is 5.95. The van der Waals surface area contributed by atoms with E-state index in [4.69, 9.17) is 4.74 Å². The fourth-order valence-electron chi connectivity index (χ4n) is 3.17. The molecule has 1 aromatic carbocycles. The number of Topliss-reactive ketones (excluding diaryl/α,β-unsaturated/α-hetero) is 1. The zero-order chi connectivity index (χ0) is 17.7. The van der Waals surface area contributed by atoms with Gasteiger partial charge in [-0.15, -0.1) is 0 Å². The Balaban J connectivity index is 2.18. The van der Waals surface area contributed by atoms with Gasteiger partial charge in [-0.2, -0.15) is 0 Å². The SMILES string of the molecule is COc1ccc(C(C)=O)cc1CC(=O)NC1(C(=O)O)CCCCC1. The fourth-order valence-corrected chi connectivity index (χ4v) is 3.17. The van der Waals surface area contributed by atoms with Crippen LogP contribution in [-0.2, 0) is 16.0 Å². The number of rotatable bonds is 6. The average Bonchev–Trinajstić information content (AvgIpc) is 2.55. The van der Waals surface area contributed by atoms with Crippen LogP contribution in [-0.4, -0.2) is 35.4 Å². The molecule has 1 aromatic rings. The van der Waals surface area contributed by atoms with Crippen LogP contribution in [0.2, 0.25) is 0 Å². The van der Waals surface area contributed by atoms with E-state index >= 15 is 0 Å². The number of ketones is 1. The number of carboxylic acid groups (broad SMARTS) is 1. The van der Waals surface area contributed by atoms with Crippen molar-refractivity contribution >= 4 is 17.7 Å². The number of aliphatic carboxylic acids is 1. The van der Waals surface area contributed by atoms with Crippen LogP contribution in [0.4, 0.5) is 0 Å². The molecule has 6 nitrogen and oxygen atoms in total. The first-order chi connectivity index (χ1) is 11.4. The lowest BCUT2D eigenvalue weighted by atomic mass is 9.81. The smallest absolute Gasteiger partial charge is 0.329 e. The number of hydrogen-bond acceptors (Lipinski definition) is 4. The number of carboxylic acids is 1. The maximum atomic E-state index is 12.4. The summed E-state index contributed by atoms with van der Waals surface area (Å²) in [5.41, 5.74) is -0.121. The summed E-state index contributed by atoms with van der Waals surface area (Å²) in [5.74, 6) is -0.963. The lowest BCUT2D eigenvalue weighted by molar-refractivity contribution is -0.149. The van der Waals surface area contributed by atoms with Crippen LogP contribution in [0.15, 0.2) is 18.2 Å². The average molecular weight is 333 g/mol. The summed E-state index contributed by atoms with van der Waals surface area (Å²) in [6.07, 6.45) is 3.42. The molecule has 24 heavy (non-hydrogen) atoms. The van der Waals surface area contributed by atoms with Gasteiger partial charge < -0.3 is 15.2 Å². The summed E-state index contributed by atoms with van der Waals surface area (Å²) in [6.45, 7) is 1.45. The molecular weight excluding hydrogens is 310 g/mol. The van der Waals surface area contributed by atoms with E-state index < -0.39 is 11.5 Å².